The third-order valence-electron chi connectivity index (χ3n) is 4.81. The molecule has 0 radical (unpaired) electrons. The minimum Gasteiger partial charge on any atom is -0.490 e. The highest BCUT2D eigenvalue weighted by atomic mass is 16.6. The Hall–Kier alpha value is -3.86. The second-order valence-electron chi connectivity index (χ2n) is 7.23. The Kier molecular flexibility index (Phi) is 6.13. The van der Waals surface area contributed by atoms with Crippen LogP contribution < -0.4 is 9.47 Å². The van der Waals surface area contributed by atoms with Crippen LogP contribution in [0.2, 0.25) is 0 Å². The molecule has 5 heteroatoms. The molecule has 0 N–H and O–H groups in total. The van der Waals surface area contributed by atoms with Gasteiger partial charge in [-0.15, -0.1) is 0 Å². The van der Waals surface area contributed by atoms with Crippen molar-refractivity contribution in [3.63, 3.8) is 0 Å². The summed E-state index contributed by atoms with van der Waals surface area (Å²) in [6, 6.07) is 23.0. The van der Waals surface area contributed by atoms with E-state index in [1.807, 2.05) is 86.6 Å². The fourth-order valence-corrected chi connectivity index (χ4v) is 3.08. The van der Waals surface area contributed by atoms with Gasteiger partial charge >= 0.3 is 5.97 Å². The Balaban J connectivity index is 1.34. The molecule has 4 rings (SSSR count). The Morgan fingerprint density at radius 1 is 0.871 bits per heavy atom. The maximum absolute atomic E-state index is 12.2. The highest BCUT2D eigenvalue weighted by Gasteiger charge is 2.23. The fourth-order valence-electron chi connectivity index (χ4n) is 3.08. The van der Waals surface area contributed by atoms with Crippen LogP contribution in [0.1, 0.15) is 22.3 Å². The molecule has 0 fully saturated rings. The molecule has 0 unspecified atom stereocenters. The van der Waals surface area contributed by atoms with E-state index < -0.39 is 5.97 Å². The van der Waals surface area contributed by atoms with Crippen molar-refractivity contribution in [3.8, 4) is 11.5 Å². The number of carbonyl (C=O) groups is 1. The molecule has 0 amide bonds. The SMILES string of the molecule is Cc1ccc(C2=N/C(=C/c3ccc(OCCOc4ccccc4C)cc3)C(=O)O2)cc1. The quantitative estimate of drug-likeness (QED) is 0.307. The normalized spacial score (nSPS) is 14.3. The maximum Gasteiger partial charge on any atom is 0.363 e. The lowest BCUT2D eigenvalue weighted by molar-refractivity contribution is -0.129. The Morgan fingerprint density at radius 3 is 2.32 bits per heavy atom. The van der Waals surface area contributed by atoms with Crippen molar-refractivity contribution in [3.05, 3.63) is 101 Å². The zero-order chi connectivity index (χ0) is 21.6. The van der Waals surface area contributed by atoms with E-state index in [4.69, 9.17) is 14.2 Å². The summed E-state index contributed by atoms with van der Waals surface area (Å²) >= 11 is 0. The molecule has 0 bridgehead atoms. The zero-order valence-electron chi connectivity index (χ0n) is 17.5. The van der Waals surface area contributed by atoms with Gasteiger partial charge in [0.1, 0.15) is 24.7 Å². The van der Waals surface area contributed by atoms with Crippen LogP contribution in [0.3, 0.4) is 0 Å². The number of aryl methyl sites for hydroxylation is 2. The van der Waals surface area contributed by atoms with Gasteiger partial charge in [-0.2, -0.15) is 0 Å². The first-order valence-corrected chi connectivity index (χ1v) is 10.1. The van der Waals surface area contributed by atoms with E-state index in [1.165, 1.54) is 0 Å². The number of aliphatic imine (C=N–C) groups is 1. The molecule has 3 aromatic rings. The molecule has 0 atom stereocenters. The van der Waals surface area contributed by atoms with E-state index in [-0.39, 0.29) is 5.70 Å². The lowest BCUT2D eigenvalue weighted by Gasteiger charge is -2.10. The lowest BCUT2D eigenvalue weighted by Crippen LogP contribution is -2.09. The first-order chi connectivity index (χ1) is 15.1. The minimum absolute atomic E-state index is 0.274. The van der Waals surface area contributed by atoms with Gasteiger partial charge in [0.05, 0.1) is 0 Å². The number of hydrogen-bond acceptors (Lipinski definition) is 5. The van der Waals surface area contributed by atoms with Gasteiger partial charge in [0.2, 0.25) is 5.90 Å². The third kappa shape index (κ3) is 5.20. The van der Waals surface area contributed by atoms with Gasteiger partial charge in [0, 0.05) is 5.56 Å². The predicted molar refractivity (Wildman–Crippen MR) is 120 cm³/mol. The molecule has 1 heterocycles. The smallest absolute Gasteiger partial charge is 0.363 e. The number of rotatable bonds is 7. The first kappa shape index (κ1) is 20.4. The fraction of sp³-hybridized carbons (Fsp3) is 0.154. The van der Waals surface area contributed by atoms with Crippen LogP contribution >= 0.6 is 0 Å². The predicted octanol–water partition coefficient (Wildman–Crippen LogP) is 5.11. The molecule has 5 nitrogen and oxygen atoms in total. The molecule has 3 aromatic carbocycles. The molecule has 0 aliphatic carbocycles. The Bertz CT molecular complexity index is 1130. The Morgan fingerprint density at radius 2 is 1.58 bits per heavy atom. The van der Waals surface area contributed by atoms with Crippen LogP contribution in [0, 0.1) is 13.8 Å². The highest BCUT2D eigenvalue weighted by molar-refractivity contribution is 6.12. The number of cyclic esters (lactones) is 1. The summed E-state index contributed by atoms with van der Waals surface area (Å²) in [5, 5.41) is 0. The molecular weight excluding hydrogens is 390 g/mol. The summed E-state index contributed by atoms with van der Waals surface area (Å²) < 4.78 is 16.8. The van der Waals surface area contributed by atoms with Crippen LogP contribution in [-0.2, 0) is 9.53 Å². The molecule has 0 spiro atoms. The van der Waals surface area contributed by atoms with Crippen molar-refractivity contribution in [1.82, 2.24) is 0 Å². The summed E-state index contributed by atoms with van der Waals surface area (Å²) in [5.41, 5.74) is 4.12. The van der Waals surface area contributed by atoms with Crippen molar-refractivity contribution >= 4 is 17.9 Å². The van der Waals surface area contributed by atoms with Crippen molar-refractivity contribution < 1.29 is 19.0 Å². The highest BCUT2D eigenvalue weighted by Crippen LogP contribution is 2.21. The molecule has 156 valence electrons. The number of ether oxygens (including phenoxy) is 3. The molecule has 1 aliphatic heterocycles. The van der Waals surface area contributed by atoms with E-state index in [2.05, 4.69) is 4.99 Å². The summed E-state index contributed by atoms with van der Waals surface area (Å²) in [6.45, 7) is 4.91. The minimum atomic E-state index is -0.454. The van der Waals surface area contributed by atoms with E-state index >= 15 is 0 Å². The van der Waals surface area contributed by atoms with Gasteiger partial charge < -0.3 is 14.2 Å². The topological polar surface area (TPSA) is 57.1 Å². The third-order valence-corrected chi connectivity index (χ3v) is 4.81. The van der Waals surface area contributed by atoms with Gasteiger partial charge in [-0.3, -0.25) is 0 Å². The van der Waals surface area contributed by atoms with Crippen LogP contribution in [0.4, 0.5) is 0 Å². The lowest BCUT2D eigenvalue weighted by atomic mass is 10.1. The average Bonchev–Trinajstić information content (AvgIpc) is 3.14. The number of para-hydroxylation sites is 1. The maximum atomic E-state index is 12.2. The van der Waals surface area contributed by atoms with Crippen LogP contribution in [0.25, 0.3) is 6.08 Å². The van der Waals surface area contributed by atoms with Gasteiger partial charge in [0.25, 0.3) is 0 Å². The number of carbonyl (C=O) groups excluding carboxylic acids is 1. The monoisotopic (exact) mass is 413 g/mol. The molecule has 31 heavy (non-hydrogen) atoms. The van der Waals surface area contributed by atoms with Gasteiger partial charge in [-0.25, -0.2) is 9.79 Å². The van der Waals surface area contributed by atoms with Crippen molar-refractivity contribution in [2.75, 3.05) is 13.2 Å². The van der Waals surface area contributed by atoms with Crippen molar-refractivity contribution in [1.29, 1.82) is 0 Å². The van der Waals surface area contributed by atoms with Gasteiger partial charge in [-0.1, -0.05) is 48.0 Å². The number of benzene rings is 3. The first-order valence-electron chi connectivity index (χ1n) is 10.1. The molecule has 0 aromatic heterocycles. The molecule has 0 saturated carbocycles. The summed E-state index contributed by atoms with van der Waals surface area (Å²) in [4.78, 5) is 16.5. The summed E-state index contributed by atoms with van der Waals surface area (Å²) in [6.07, 6.45) is 1.70. The number of esters is 1. The van der Waals surface area contributed by atoms with E-state index in [1.54, 1.807) is 6.08 Å². The largest absolute Gasteiger partial charge is 0.490 e. The number of hydrogen-bond donors (Lipinski definition) is 0. The summed E-state index contributed by atoms with van der Waals surface area (Å²) in [7, 11) is 0. The van der Waals surface area contributed by atoms with E-state index in [9.17, 15) is 4.79 Å². The van der Waals surface area contributed by atoms with Crippen LogP contribution in [-0.4, -0.2) is 25.1 Å². The second kappa shape index (κ2) is 9.30. The zero-order valence-corrected chi connectivity index (χ0v) is 17.5. The second-order valence-corrected chi connectivity index (χ2v) is 7.23. The average molecular weight is 413 g/mol. The standard InChI is InChI=1S/C26H23NO4/c1-18-7-11-21(12-8-18)25-27-23(26(28)31-25)17-20-9-13-22(14-10-20)29-15-16-30-24-6-4-3-5-19(24)2/h3-14,17H,15-16H2,1-2H3/b23-17+. The van der Waals surface area contributed by atoms with Crippen molar-refractivity contribution in [2.24, 2.45) is 4.99 Å². The molecule has 1 aliphatic rings. The Labute approximate surface area is 181 Å². The van der Waals surface area contributed by atoms with Crippen molar-refractivity contribution in [2.45, 2.75) is 13.8 Å². The summed E-state index contributed by atoms with van der Waals surface area (Å²) in [5.74, 6) is 1.46. The van der Waals surface area contributed by atoms with E-state index in [0.29, 0.717) is 19.1 Å². The van der Waals surface area contributed by atoms with Gasteiger partial charge in [-0.05, 0) is 61.4 Å². The van der Waals surface area contributed by atoms with Crippen LogP contribution in [0.5, 0.6) is 11.5 Å². The molecule has 0 saturated heterocycles. The van der Waals surface area contributed by atoms with E-state index in [0.717, 1.165) is 33.8 Å². The molecular formula is C26H23NO4. The van der Waals surface area contributed by atoms with Gasteiger partial charge in [0.15, 0.2) is 5.70 Å². The van der Waals surface area contributed by atoms with Crippen LogP contribution in [0.15, 0.2) is 83.5 Å². The number of nitrogens with zero attached hydrogens (tertiary/aromatic N) is 1.